The number of carbonyl (C=O) groups is 1. The summed E-state index contributed by atoms with van der Waals surface area (Å²) in [6.07, 6.45) is 4.43. The van der Waals surface area contributed by atoms with E-state index in [1.54, 1.807) is 11.3 Å². The van der Waals surface area contributed by atoms with Gasteiger partial charge in [0.25, 0.3) is 0 Å². The smallest absolute Gasteiger partial charge is 0.241 e. The highest BCUT2D eigenvalue weighted by molar-refractivity contribution is 7.92. The Morgan fingerprint density at radius 3 is 2.57 bits per heavy atom. The van der Waals surface area contributed by atoms with E-state index in [1.165, 1.54) is 6.26 Å². The van der Waals surface area contributed by atoms with Gasteiger partial charge in [-0.3, -0.25) is 4.79 Å². The number of thiazole rings is 1. The first kappa shape index (κ1) is 16.4. The summed E-state index contributed by atoms with van der Waals surface area (Å²) < 4.78 is 22.9. The molecular formula is C14H22N2O3S2. The molecule has 0 aliphatic heterocycles. The van der Waals surface area contributed by atoms with Crippen LogP contribution in [0.2, 0.25) is 0 Å². The van der Waals surface area contributed by atoms with E-state index < -0.39 is 14.6 Å². The molecule has 1 fully saturated rings. The van der Waals surface area contributed by atoms with Crippen LogP contribution in [0.1, 0.15) is 56.3 Å². The molecule has 5 nitrogen and oxygen atoms in total. The first-order chi connectivity index (χ1) is 9.80. The third-order valence-electron chi connectivity index (χ3n) is 4.20. The first-order valence-electron chi connectivity index (χ1n) is 7.25. The van der Waals surface area contributed by atoms with Crippen molar-refractivity contribution in [2.45, 2.75) is 56.7 Å². The number of amides is 1. The van der Waals surface area contributed by atoms with Gasteiger partial charge in [-0.15, -0.1) is 11.3 Å². The van der Waals surface area contributed by atoms with E-state index in [-0.39, 0.29) is 11.9 Å². The lowest BCUT2D eigenvalue weighted by molar-refractivity contribution is -0.124. The third kappa shape index (κ3) is 3.13. The highest BCUT2D eigenvalue weighted by atomic mass is 32.2. The standard InChI is InChI=1S/C14H22N2O3S2/c1-4-12-16-11(9-20-12)10(2)15-13(17)14(21(3,18)19)7-5-6-8-14/h9-10H,4-8H2,1-3H3,(H,15,17). The van der Waals surface area contributed by atoms with Crippen LogP contribution in [0.4, 0.5) is 0 Å². The second-order valence-electron chi connectivity index (χ2n) is 5.69. The molecule has 118 valence electrons. The SMILES string of the molecule is CCc1nc(C(C)NC(=O)C2(S(C)(=O)=O)CCCC2)cs1. The zero-order valence-electron chi connectivity index (χ0n) is 12.7. The molecule has 0 spiro atoms. The molecule has 1 aromatic rings. The van der Waals surface area contributed by atoms with Crippen LogP contribution >= 0.6 is 11.3 Å². The highest BCUT2D eigenvalue weighted by Gasteiger charge is 2.50. The van der Waals surface area contributed by atoms with Crippen molar-refractivity contribution in [2.24, 2.45) is 0 Å². The Balaban J connectivity index is 2.16. The summed E-state index contributed by atoms with van der Waals surface area (Å²) in [6, 6.07) is -0.270. The fraction of sp³-hybridized carbons (Fsp3) is 0.714. The van der Waals surface area contributed by atoms with E-state index in [9.17, 15) is 13.2 Å². The van der Waals surface area contributed by atoms with Gasteiger partial charge >= 0.3 is 0 Å². The van der Waals surface area contributed by atoms with Crippen LogP contribution in [0.5, 0.6) is 0 Å². The molecule has 0 aromatic carbocycles. The van der Waals surface area contributed by atoms with Crippen molar-refractivity contribution < 1.29 is 13.2 Å². The Morgan fingerprint density at radius 2 is 2.10 bits per heavy atom. The van der Waals surface area contributed by atoms with E-state index in [0.717, 1.165) is 30.0 Å². The largest absolute Gasteiger partial charge is 0.347 e. The molecule has 1 unspecified atom stereocenters. The summed E-state index contributed by atoms with van der Waals surface area (Å²) >= 11 is 1.56. The number of nitrogens with one attached hydrogen (secondary N) is 1. The zero-order valence-corrected chi connectivity index (χ0v) is 14.3. The normalized spacial score (nSPS) is 19.4. The number of sulfone groups is 1. The van der Waals surface area contributed by atoms with Crippen LogP contribution in [0.15, 0.2) is 5.38 Å². The molecule has 0 saturated heterocycles. The van der Waals surface area contributed by atoms with Crippen molar-refractivity contribution >= 4 is 27.1 Å². The maximum Gasteiger partial charge on any atom is 0.241 e. The van der Waals surface area contributed by atoms with Crippen LogP contribution in [0, 0.1) is 0 Å². The highest BCUT2D eigenvalue weighted by Crippen LogP contribution is 2.37. The summed E-state index contributed by atoms with van der Waals surface area (Å²) in [7, 11) is -3.42. The van der Waals surface area contributed by atoms with Gasteiger partial charge in [-0.2, -0.15) is 0 Å². The van der Waals surface area contributed by atoms with Gasteiger partial charge < -0.3 is 5.32 Å². The second-order valence-corrected chi connectivity index (χ2v) is 8.96. The third-order valence-corrected chi connectivity index (χ3v) is 7.22. The molecule has 1 amide bonds. The molecule has 21 heavy (non-hydrogen) atoms. The summed E-state index contributed by atoms with van der Waals surface area (Å²) in [5, 5.41) is 5.79. The molecule has 1 N–H and O–H groups in total. The van der Waals surface area contributed by atoms with E-state index in [2.05, 4.69) is 10.3 Å². The van der Waals surface area contributed by atoms with Gasteiger partial charge in [0.2, 0.25) is 5.91 Å². The van der Waals surface area contributed by atoms with Gasteiger partial charge in [0.15, 0.2) is 9.84 Å². The molecule has 1 atom stereocenters. The van der Waals surface area contributed by atoms with E-state index in [4.69, 9.17) is 0 Å². The second kappa shape index (κ2) is 6.04. The predicted octanol–water partition coefficient (Wildman–Crippen LogP) is 2.24. The molecule has 1 aliphatic rings. The van der Waals surface area contributed by atoms with Crippen LogP contribution < -0.4 is 5.32 Å². The zero-order chi connectivity index (χ0) is 15.7. The fourth-order valence-corrected chi connectivity index (χ4v) is 5.07. The topological polar surface area (TPSA) is 76.1 Å². The lowest BCUT2D eigenvalue weighted by Gasteiger charge is -2.27. The number of carbonyl (C=O) groups excluding carboxylic acids is 1. The van der Waals surface area contributed by atoms with Gasteiger partial charge in [0, 0.05) is 11.6 Å². The van der Waals surface area contributed by atoms with Crippen LogP contribution in [0.3, 0.4) is 0 Å². The maximum absolute atomic E-state index is 12.6. The van der Waals surface area contributed by atoms with Gasteiger partial charge in [0.1, 0.15) is 4.75 Å². The Kier molecular flexibility index (Phi) is 4.72. The Morgan fingerprint density at radius 1 is 1.48 bits per heavy atom. The molecular weight excluding hydrogens is 308 g/mol. The number of aryl methyl sites for hydroxylation is 1. The predicted molar refractivity (Wildman–Crippen MR) is 84.1 cm³/mol. The Bertz CT molecular complexity index is 616. The number of aromatic nitrogens is 1. The average Bonchev–Trinajstić information content (AvgIpc) is 3.07. The summed E-state index contributed by atoms with van der Waals surface area (Å²) in [5.41, 5.74) is 0.798. The first-order valence-corrected chi connectivity index (χ1v) is 10.0. The number of nitrogens with zero attached hydrogens (tertiary/aromatic N) is 1. The summed E-state index contributed by atoms with van der Waals surface area (Å²) in [6.45, 7) is 3.88. The molecule has 0 radical (unpaired) electrons. The number of rotatable bonds is 5. The molecule has 1 saturated carbocycles. The van der Waals surface area contributed by atoms with Gasteiger partial charge in [-0.25, -0.2) is 13.4 Å². The Hall–Kier alpha value is -0.950. The number of hydrogen-bond acceptors (Lipinski definition) is 5. The molecule has 0 bridgehead atoms. The lowest BCUT2D eigenvalue weighted by Crippen LogP contribution is -2.50. The van der Waals surface area contributed by atoms with Crippen molar-refractivity contribution in [3.8, 4) is 0 Å². The van der Waals surface area contributed by atoms with Crippen molar-refractivity contribution in [3.63, 3.8) is 0 Å². The van der Waals surface area contributed by atoms with Gasteiger partial charge in [-0.1, -0.05) is 19.8 Å². The minimum absolute atomic E-state index is 0.270. The Labute approximate surface area is 130 Å². The monoisotopic (exact) mass is 330 g/mol. The maximum atomic E-state index is 12.6. The average molecular weight is 330 g/mol. The lowest BCUT2D eigenvalue weighted by atomic mass is 10.1. The summed E-state index contributed by atoms with van der Waals surface area (Å²) in [5.74, 6) is -0.374. The minimum Gasteiger partial charge on any atom is -0.347 e. The van der Waals surface area contributed by atoms with Crippen LogP contribution in [-0.2, 0) is 21.1 Å². The van der Waals surface area contributed by atoms with E-state index >= 15 is 0 Å². The van der Waals surface area contributed by atoms with E-state index in [0.29, 0.717) is 12.8 Å². The van der Waals surface area contributed by atoms with E-state index in [1.807, 2.05) is 19.2 Å². The van der Waals surface area contributed by atoms with Crippen LogP contribution in [-0.4, -0.2) is 30.3 Å². The van der Waals surface area contributed by atoms with Crippen LogP contribution in [0.25, 0.3) is 0 Å². The quantitative estimate of drug-likeness (QED) is 0.898. The van der Waals surface area contributed by atoms with Gasteiger partial charge in [0.05, 0.1) is 16.7 Å². The van der Waals surface area contributed by atoms with Crippen molar-refractivity contribution in [2.75, 3.05) is 6.26 Å². The van der Waals surface area contributed by atoms with Crippen molar-refractivity contribution in [3.05, 3.63) is 16.1 Å². The van der Waals surface area contributed by atoms with Crippen molar-refractivity contribution in [1.29, 1.82) is 0 Å². The van der Waals surface area contributed by atoms with Gasteiger partial charge in [-0.05, 0) is 26.2 Å². The minimum atomic E-state index is -3.42. The number of hydrogen-bond donors (Lipinski definition) is 1. The molecule has 7 heteroatoms. The summed E-state index contributed by atoms with van der Waals surface area (Å²) in [4.78, 5) is 17.0. The molecule has 1 aromatic heterocycles. The molecule has 1 heterocycles. The molecule has 1 aliphatic carbocycles. The fourth-order valence-electron chi connectivity index (χ4n) is 2.80. The van der Waals surface area contributed by atoms with Crippen molar-refractivity contribution in [1.82, 2.24) is 10.3 Å². The molecule has 2 rings (SSSR count).